The Morgan fingerprint density at radius 3 is 2.58 bits per heavy atom. The second-order valence-electron chi connectivity index (χ2n) is 5.54. The predicted molar refractivity (Wildman–Crippen MR) is 76.4 cm³/mol. The van der Waals surface area contributed by atoms with Gasteiger partial charge < -0.3 is 9.64 Å². The van der Waals surface area contributed by atoms with E-state index in [1.54, 1.807) is 0 Å². The van der Waals surface area contributed by atoms with Gasteiger partial charge >= 0.3 is 0 Å². The number of aryl methyl sites for hydroxylation is 2. The zero-order chi connectivity index (χ0) is 13.8. The van der Waals surface area contributed by atoms with Crippen molar-refractivity contribution < 1.29 is 9.53 Å². The van der Waals surface area contributed by atoms with Gasteiger partial charge in [-0.05, 0) is 55.9 Å². The fourth-order valence-corrected chi connectivity index (χ4v) is 2.49. The summed E-state index contributed by atoms with van der Waals surface area (Å²) >= 11 is 0. The molecular formula is C16H23NO2. The van der Waals surface area contributed by atoms with Gasteiger partial charge in [-0.3, -0.25) is 4.79 Å². The Morgan fingerprint density at radius 1 is 1.26 bits per heavy atom. The minimum atomic E-state index is 0.120. The molecule has 0 aromatic heterocycles. The van der Waals surface area contributed by atoms with E-state index in [1.165, 1.54) is 11.1 Å². The number of benzene rings is 1. The molecule has 0 spiro atoms. The summed E-state index contributed by atoms with van der Waals surface area (Å²) < 4.78 is 5.35. The Bertz CT molecular complexity index is 450. The molecular weight excluding hydrogens is 238 g/mol. The predicted octanol–water partition coefficient (Wildman–Crippen LogP) is 2.80. The molecule has 0 bridgehead atoms. The Balaban J connectivity index is 1.99. The molecule has 1 amide bonds. The summed E-state index contributed by atoms with van der Waals surface area (Å²) in [6.07, 6.45) is 2.12. The molecule has 0 unspecified atom stereocenters. The van der Waals surface area contributed by atoms with Crippen molar-refractivity contribution in [2.75, 3.05) is 26.8 Å². The maximum atomic E-state index is 12.4. The van der Waals surface area contributed by atoms with E-state index in [0.717, 1.165) is 38.2 Å². The summed E-state index contributed by atoms with van der Waals surface area (Å²) in [5, 5.41) is 0. The van der Waals surface area contributed by atoms with Crippen LogP contribution in [0.4, 0.5) is 0 Å². The zero-order valence-electron chi connectivity index (χ0n) is 12.1. The first-order valence-electron chi connectivity index (χ1n) is 6.98. The van der Waals surface area contributed by atoms with Crippen LogP contribution in [0.1, 0.15) is 34.3 Å². The molecule has 2 rings (SSSR count). The summed E-state index contributed by atoms with van der Waals surface area (Å²) in [4.78, 5) is 14.2. The average molecular weight is 261 g/mol. The van der Waals surface area contributed by atoms with Crippen molar-refractivity contribution in [3.8, 4) is 0 Å². The third kappa shape index (κ3) is 3.57. The first-order valence-corrected chi connectivity index (χ1v) is 6.98. The second kappa shape index (κ2) is 6.20. The first kappa shape index (κ1) is 14.1. The molecule has 1 fully saturated rings. The number of hydrogen-bond acceptors (Lipinski definition) is 2. The molecule has 0 aliphatic carbocycles. The molecule has 0 saturated carbocycles. The van der Waals surface area contributed by atoms with E-state index in [2.05, 4.69) is 6.92 Å². The SMILES string of the molecule is Cc1ccc(C(=O)N(C)CC2CCOCC2)cc1C. The van der Waals surface area contributed by atoms with E-state index >= 15 is 0 Å². The Hall–Kier alpha value is -1.35. The molecule has 19 heavy (non-hydrogen) atoms. The van der Waals surface area contributed by atoms with Crippen LogP contribution in [0.3, 0.4) is 0 Å². The maximum absolute atomic E-state index is 12.4. The van der Waals surface area contributed by atoms with E-state index in [0.29, 0.717) is 5.92 Å². The number of carbonyl (C=O) groups excluding carboxylic acids is 1. The zero-order valence-corrected chi connectivity index (χ0v) is 12.1. The Labute approximate surface area is 115 Å². The van der Waals surface area contributed by atoms with Gasteiger partial charge in [0.05, 0.1) is 0 Å². The molecule has 0 N–H and O–H groups in total. The Morgan fingerprint density at radius 2 is 1.95 bits per heavy atom. The number of amides is 1. The molecule has 0 radical (unpaired) electrons. The molecule has 1 aromatic rings. The normalized spacial score (nSPS) is 16.4. The number of ether oxygens (including phenoxy) is 1. The maximum Gasteiger partial charge on any atom is 0.253 e. The van der Waals surface area contributed by atoms with Crippen molar-refractivity contribution in [3.05, 3.63) is 34.9 Å². The topological polar surface area (TPSA) is 29.5 Å². The highest BCUT2D eigenvalue weighted by molar-refractivity contribution is 5.94. The molecule has 1 aliphatic heterocycles. The minimum absolute atomic E-state index is 0.120. The van der Waals surface area contributed by atoms with Gasteiger partial charge in [0.2, 0.25) is 0 Å². The quantitative estimate of drug-likeness (QED) is 0.837. The Kier molecular flexibility index (Phi) is 4.59. The number of carbonyl (C=O) groups is 1. The summed E-state index contributed by atoms with van der Waals surface area (Å²) in [5.41, 5.74) is 3.19. The van der Waals surface area contributed by atoms with Crippen molar-refractivity contribution in [3.63, 3.8) is 0 Å². The van der Waals surface area contributed by atoms with E-state index in [9.17, 15) is 4.79 Å². The summed E-state index contributed by atoms with van der Waals surface area (Å²) in [5.74, 6) is 0.698. The molecule has 104 valence electrons. The summed E-state index contributed by atoms with van der Waals surface area (Å²) in [7, 11) is 1.90. The van der Waals surface area contributed by atoms with Crippen molar-refractivity contribution >= 4 is 5.91 Å². The number of rotatable bonds is 3. The molecule has 1 saturated heterocycles. The highest BCUT2D eigenvalue weighted by Gasteiger charge is 2.19. The van der Waals surface area contributed by atoms with Crippen molar-refractivity contribution in [2.24, 2.45) is 5.92 Å². The van der Waals surface area contributed by atoms with Gasteiger partial charge in [0.15, 0.2) is 0 Å². The standard InChI is InChI=1S/C16H23NO2/c1-12-4-5-15(10-13(12)2)16(18)17(3)11-14-6-8-19-9-7-14/h4-5,10,14H,6-9,11H2,1-3H3. The van der Waals surface area contributed by atoms with Gasteiger partial charge in [-0.1, -0.05) is 6.07 Å². The fraction of sp³-hybridized carbons (Fsp3) is 0.562. The molecule has 0 atom stereocenters. The third-order valence-corrected chi connectivity index (χ3v) is 3.97. The average Bonchev–Trinajstić information content (AvgIpc) is 2.42. The largest absolute Gasteiger partial charge is 0.381 e. The van der Waals surface area contributed by atoms with Crippen molar-refractivity contribution in [2.45, 2.75) is 26.7 Å². The lowest BCUT2D eigenvalue weighted by atomic mass is 9.99. The minimum Gasteiger partial charge on any atom is -0.381 e. The monoisotopic (exact) mass is 261 g/mol. The summed E-state index contributed by atoms with van der Waals surface area (Å²) in [6.45, 7) is 6.60. The van der Waals surface area contributed by atoms with Crippen LogP contribution in [0.15, 0.2) is 18.2 Å². The third-order valence-electron chi connectivity index (χ3n) is 3.97. The number of nitrogens with zero attached hydrogens (tertiary/aromatic N) is 1. The van der Waals surface area contributed by atoms with Crippen LogP contribution in [0.5, 0.6) is 0 Å². The van der Waals surface area contributed by atoms with Gasteiger partial charge in [-0.15, -0.1) is 0 Å². The van der Waals surface area contributed by atoms with Gasteiger partial charge in [0.1, 0.15) is 0 Å². The van der Waals surface area contributed by atoms with Gasteiger partial charge in [0, 0.05) is 32.4 Å². The van der Waals surface area contributed by atoms with Crippen LogP contribution >= 0.6 is 0 Å². The smallest absolute Gasteiger partial charge is 0.253 e. The van der Waals surface area contributed by atoms with Crippen LogP contribution in [0, 0.1) is 19.8 Å². The van der Waals surface area contributed by atoms with Crippen LogP contribution in [0.2, 0.25) is 0 Å². The second-order valence-corrected chi connectivity index (χ2v) is 5.54. The molecule has 3 nitrogen and oxygen atoms in total. The van der Waals surface area contributed by atoms with Gasteiger partial charge in [0.25, 0.3) is 5.91 Å². The fourth-order valence-electron chi connectivity index (χ4n) is 2.49. The lowest BCUT2D eigenvalue weighted by molar-refractivity contribution is 0.0497. The number of hydrogen-bond donors (Lipinski definition) is 0. The van der Waals surface area contributed by atoms with E-state index < -0.39 is 0 Å². The lowest BCUT2D eigenvalue weighted by Crippen LogP contribution is -2.34. The van der Waals surface area contributed by atoms with Crippen molar-refractivity contribution in [1.82, 2.24) is 4.90 Å². The van der Waals surface area contributed by atoms with Gasteiger partial charge in [-0.25, -0.2) is 0 Å². The highest BCUT2D eigenvalue weighted by atomic mass is 16.5. The van der Waals surface area contributed by atoms with Crippen LogP contribution in [0.25, 0.3) is 0 Å². The molecule has 3 heteroatoms. The lowest BCUT2D eigenvalue weighted by Gasteiger charge is -2.27. The van der Waals surface area contributed by atoms with Crippen LogP contribution < -0.4 is 0 Å². The molecule has 1 aromatic carbocycles. The van der Waals surface area contributed by atoms with E-state index in [-0.39, 0.29) is 5.91 Å². The highest BCUT2D eigenvalue weighted by Crippen LogP contribution is 2.17. The summed E-state index contributed by atoms with van der Waals surface area (Å²) in [6, 6.07) is 5.92. The van der Waals surface area contributed by atoms with Crippen molar-refractivity contribution in [1.29, 1.82) is 0 Å². The van der Waals surface area contributed by atoms with E-state index in [4.69, 9.17) is 4.74 Å². The van der Waals surface area contributed by atoms with Gasteiger partial charge in [-0.2, -0.15) is 0 Å². The van der Waals surface area contributed by atoms with Crippen LogP contribution in [-0.4, -0.2) is 37.6 Å². The van der Waals surface area contributed by atoms with E-state index in [1.807, 2.05) is 37.1 Å². The molecule has 1 heterocycles. The van der Waals surface area contributed by atoms with Crippen LogP contribution in [-0.2, 0) is 4.74 Å². The first-order chi connectivity index (χ1) is 9.08. The molecule has 1 aliphatic rings.